The van der Waals surface area contributed by atoms with E-state index in [0.717, 1.165) is 10.9 Å². The molecule has 8 nitrogen and oxygen atoms in total. The van der Waals surface area contributed by atoms with Crippen LogP contribution in [0.1, 0.15) is 5.56 Å². The molecule has 1 aromatic carbocycles. The number of pyridine rings is 2. The highest BCUT2D eigenvalue weighted by Crippen LogP contribution is 2.21. The predicted octanol–water partition coefficient (Wildman–Crippen LogP) is 2.27. The monoisotopic (exact) mass is 439 g/mol. The topological polar surface area (TPSA) is 121 Å². The van der Waals surface area contributed by atoms with Crippen molar-refractivity contribution in [2.24, 2.45) is 5.14 Å². The molecule has 30 heavy (non-hydrogen) atoms. The normalized spacial score (nSPS) is 11.7. The molecule has 152 valence electrons. The minimum atomic E-state index is -3.79. The molecule has 0 unspecified atom stereocenters. The molecule has 0 aliphatic rings. The van der Waals surface area contributed by atoms with Gasteiger partial charge in [0.2, 0.25) is 10.0 Å². The molecule has 0 spiro atoms. The van der Waals surface area contributed by atoms with E-state index < -0.39 is 10.0 Å². The number of hydrogen-bond acceptors (Lipinski definition) is 7. The van der Waals surface area contributed by atoms with Crippen LogP contribution >= 0.6 is 11.8 Å². The van der Waals surface area contributed by atoms with Gasteiger partial charge in [-0.05, 0) is 36.1 Å². The molecule has 0 aliphatic carbocycles. The van der Waals surface area contributed by atoms with Gasteiger partial charge >= 0.3 is 0 Å². The molecular weight excluding hydrogens is 422 g/mol. The summed E-state index contributed by atoms with van der Waals surface area (Å²) in [5.74, 6) is 0. The molecule has 4 aromatic rings. The third-order valence-corrected chi connectivity index (χ3v) is 5.98. The molecule has 10 heteroatoms. The molecule has 0 saturated carbocycles. The van der Waals surface area contributed by atoms with Crippen molar-refractivity contribution >= 4 is 32.8 Å². The van der Waals surface area contributed by atoms with Crippen LogP contribution in [-0.2, 0) is 16.6 Å². The SMILES string of the molecule is CSc1ncc2ccc(=O)n(Cc3ccc(-c4cccc(S(N)(=O)=O)c4)nc3)c2n1. The van der Waals surface area contributed by atoms with Crippen LogP contribution in [0.5, 0.6) is 0 Å². The number of hydrogen-bond donors (Lipinski definition) is 1. The van der Waals surface area contributed by atoms with E-state index in [9.17, 15) is 13.2 Å². The Balaban J connectivity index is 1.68. The quantitative estimate of drug-likeness (QED) is 0.374. The second kappa shape index (κ2) is 7.98. The van der Waals surface area contributed by atoms with Crippen molar-refractivity contribution in [1.82, 2.24) is 19.5 Å². The Morgan fingerprint density at radius 2 is 1.90 bits per heavy atom. The molecule has 0 amide bonds. The van der Waals surface area contributed by atoms with Gasteiger partial charge in [-0.25, -0.2) is 23.5 Å². The minimum Gasteiger partial charge on any atom is -0.288 e. The number of benzene rings is 1. The number of nitrogens with zero attached hydrogens (tertiary/aromatic N) is 4. The van der Waals surface area contributed by atoms with Gasteiger partial charge in [0.1, 0.15) is 5.65 Å². The van der Waals surface area contributed by atoms with E-state index >= 15 is 0 Å². The molecule has 3 aromatic heterocycles. The van der Waals surface area contributed by atoms with Crippen molar-refractivity contribution in [3.63, 3.8) is 0 Å². The summed E-state index contributed by atoms with van der Waals surface area (Å²) >= 11 is 1.41. The first-order chi connectivity index (χ1) is 14.3. The number of nitrogens with two attached hydrogens (primary N) is 1. The molecule has 0 aliphatic heterocycles. The standard InChI is InChI=1S/C20H17N5O3S2/c1-29-20-23-11-15-6-8-18(26)25(19(15)24-20)12-13-5-7-17(22-10-13)14-3-2-4-16(9-14)30(21,27)28/h2-11H,12H2,1H3,(H2,21,27,28). The van der Waals surface area contributed by atoms with Crippen LogP contribution in [0.25, 0.3) is 22.3 Å². The second-order valence-electron chi connectivity index (χ2n) is 6.52. The van der Waals surface area contributed by atoms with Crippen molar-refractivity contribution in [2.45, 2.75) is 16.6 Å². The van der Waals surface area contributed by atoms with Crippen molar-refractivity contribution < 1.29 is 8.42 Å². The van der Waals surface area contributed by atoms with E-state index in [1.54, 1.807) is 41.2 Å². The lowest BCUT2D eigenvalue weighted by atomic mass is 10.1. The van der Waals surface area contributed by atoms with E-state index in [1.807, 2.05) is 12.3 Å². The molecule has 0 saturated heterocycles. The van der Waals surface area contributed by atoms with Crippen molar-refractivity contribution in [1.29, 1.82) is 0 Å². The Kier molecular flexibility index (Phi) is 5.37. The van der Waals surface area contributed by atoms with Crippen LogP contribution in [0.3, 0.4) is 0 Å². The summed E-state index contributed by atoms with van der Waals surface area (Å²) in [6.07, 6.45) is 5.23. The van der Waals surface area contributed by atoms with E-state index in [-0.39, 0.29) is 10.5 Å². The molecule has 0 radical (unpaired) electrons. The predicted molar refractivity (Wildman–Crippen MR) is 116 cm³/mol. The van der Waals surface area contributed by atoms with Crippen molar-refractivity contribution in [2.75, 3.05) is 6.26 Å². The summed E-state index contributed by atoms with van der Waals surface area (Å²) < 4.78 is 24.7. The van der Waals surface area contributed by atoms with Crippen LogP contribution in [0.2, 0.25) is 0 Å². The highest BCUT2D eigenvalue weighted by molar-refractivity contribution is 7.98. The highest BCUT2D eigenvalue weighted by atomic mass is 32.2. The first-order valence-corrected chi connectivity index (χ1v) is 11.6. The van der Waals surface area contributed by atoms with Gasteiger partial charge < -0.3 is 0 Å². The largest absolute Gasteiger partial charge is 0.288 e. The molecule has 0 atom stereocenters. The number of rotatable bonds is 5. The Labute approximate surface area is 176 Å². The van der Waals surface area contributed by atoms with Gasteiger partial charge in [-0.2, -0.15) is 0 Å². The van der Waals surface area contributed by atoms with Crippen LogP contribution < -0.4 is 10.7 Å². The lowest BCUT2D eigenvalue weighted by molar-refractivity contribution is 0.598. The summed E-state index contributed by atoms with van der Waals surface area (Å²) in [7, 11) is -3.79. The molecule has 4 rings (SSSR count). The van der Waals surface area contributed by atoms with Gasteiger partial charge in [0, 0.05) is 29.4 Å². The fourth-order valence-electron chi connectivity index (χ4n) is 3.01. The van der Waals surface area contributed by atoms with E-state index in [2.05, 4.69) is 15.0 Å². The van der Waals surface area contributed by atoms with Crippen LogP contribution in [-0.4, -0.2) is 34.2 Å². The third kappa shape index (κ3) is 4.11. The Morgan fingerprint density at radius 3 is 2.60 bits per heavy atom. The Morgan fingerprint density at radius 1 is 1.07 bits per heavy atom. The fraction of sp³-hybridized carbons (Fsp3) is 0.100. The average molecular weight is 440 g/mol. The Bertz CT molecular complexity index is 1400. The van der Waals surface area contributed by atoms with E-state index in [4.69, 9.17) is 5.14 Å². The fourth-order valence-corrected chi connectivity index (χ4v) is 3.91. The highest BCUT2D eigenvalue weighted by Gasteiger charge is 2.11. The summed E-state index contributed by atoms with van der Waals surface area (Å²) in [5, 5.41) is 6.56. The number of sulfonamides is 1. The van der Waals surface area contributed by atoms with Gasteiger partial charge in [-0.15, -0.1) is 0 Å². The molecule has 0 bridgehead atoms. The van der Waals surface area contributed by atoms with Gasteiger partial charge in [-0.3, -0.25) is 14.3 Å². The van der Waals surface area contributed by atoms with Crippen molar-refractivity contribution in [3.8, 4) is 11.3 Å². The van der Waals surface area contributed by atoms with Crippen LogP contribution in [0, 0.1) is 0 Å². The summed E-state index contributed by atoms with van der Waals surface area (Å²) in [5.41, 5.74) is 2.43. The molecular formula is C20H17N5O3S2. The summed E-state index contributed by atoms with van der Waals surface area (Å²) in [4.78, 5) is 25.6. The van der Waals surface area contributed by atoms with E-state index in [0.29, 0.717) is 28.6 Å². The zero-order chi connectivity index (χ0) is 21.3. The van der Waals surface area contributed by atoms with Crippen LogP contribution in [0.4, 0.5) is 0 Å². The zero-order valence-electron chi connectivity index (χ0n) is 15.9. The van der Waals surface area contributed by atoms with Gasteiger partial charge in [0.25, 0.3) is 5.56 Å². The maximum absolute atomic E-state index is 12.5. The zero-order valence-corrected chi connectivity index (χ0v) is 17.5. The smallest absolute Gasteiger partial charge is 0.252 e. The maximum atomic E-state index is 12.5. The lowest BCUT2D eigenvalue weighted by Gasteiger charge is -2.10. The average Bonchev–Trinajstić information content (AvgIpc) is 2.75. The van der Waals surface area contributed by atoms with Crippen LogP contribution in [0.15, 0.2) is 75.8 Å². The number of fused-ring (bicyclic) bond motifs is 1. The molecule has 0 fully saturated rings. The molecule has 2 N–H and O–H groups in total. The number of thioether (sulfide) groups is 1. The Hall–Kier alpha value is -3.08. The van der Waals surface area contributed by atoms with Gasteiger partial charge in [0.15, 0.2) is 5.16 Å². The minimum absolute atomic E-state index is 0.0254. The number of primary sulfonamides is 1. The van der Waals surface area contributed by atoms with Gasteiger partial charge in [-0.1, -0.05) is 30.0 Å². The van der Waals surface area contributed by atoms with E-state index in [1.165, 1.54) is 30.0 Å². The summed E-state index contributed by atoms with van der Waals surface area (Å²) in [6.45, 7) is 0.297. The lowest BCUT2D eigenvalue weighted by Crippen LogP contribution is -2.21. The third-order valence-electron chi connectivity index (χ3n) is 4.51. The summed E-state index contributed by atoms with van der Waals surface area (Å²) in [6, 6.07) is 13.1. The maximum Gasteiger partial charge on any atom is 0.252 e. The number of aromatic nitrogens is 4. The van der Waals surface area contributed by atoms with Gasteiger partial charge in [0.05, 0.1) is 17.1 Å². The molecule has 3 heterocycles. The first kappa shape index (κ1) is 20.2. The first-order valence-electron chi connectivity index (χ1n) is 8.84. The second-order valence-corrected chi connectivity index (χ2v) is 8.85. The van der Waals surface area contributed by atoms with Crippen molar-refractivity contribution in [3.05, 3.63) is 76.8 Å².